The fourth-order valence-electron chi connectivity index (χ4n) is 2.29. The van der Waals surface area contributed by atoms with E-state index >= 15 is 0 Å². The first kappa shape index (κ1) is 18.9. The van der Waals surface area contributed by atoms with E-state index in [-0.39, 0.29) is 6.61 Å². The molecule has 3 rings (SSSR count). The number of hydrogen-bond acceptors (Lipinski definition) is 3. The van der Waals surface area contributed by atoms with Crippen LogP contribution >= 0.6 is 23.8 Å². The highest BCUT2D eigenvalue weighted by Gasteiger charge is 2.07. The Morgan fingerprint density at radius 3 is 2.19 bits per heavy atom. The lowest BCUT2D eigenvalue weighted by Gasteiger charge is -2.11. The molecule has 0 amide bonds. The fraction of sp³-hybridized carbons (Fsp3) is 0.0476. The van der Waals surface area contributed by atoms with Crippen LogP contribution in [0.15, 0.2) is 90.0 Å². The molecule has 0 radical (unpaired) electrons. The number of benzene rings is 3. The zero-order valence-corrected chi connectivity index (χ0v) is 16.0. The van der Waals surface area contributed by atoms with Gasteiger partial charge in [0.05, 0.1) is 0 Å². The fourth-order valence-corrected chi connectivity index (χ4v) is 2.58. The first-order valence-corrected chi connectivity index (χ1v) is 9.12. The van der Waals surface area contributed by atoms with Gasteiger partial charge in [-0.25, -0.2) is 0 Å². The van der Waals surface area contributed by atoms with Gasteiger partial charge < -0.3 is 10.1 Å². The molecule has 6 heteroatoms. The van der Waals surface area contributed by atoms with Gasteiger partial charge in [-0.1, -0.05) is 60.1 Å². The topological polar surface area (TPSA) is 45.7 Å². The number of thiocarbonyl (C=S) groups is 1. The number of hydrazone groups is 1. The van der Waals surface area contributed by atoms with Crippen molar-refractivity contribution in [1.82, 2.24) is 5.43 Å². The third-order valence-electron chi connectivity index (χ3n) is 3.62. The smallest absolute Gasteiger partial charge is 0.191 e. The Morgan fingerprint density at radius 2 is 1.52 bits per heavy atom. The van der Waals surface area contributed by atoms with Crippen LogP contribution in [0.25, 0.3) is 0 Å². The quantitative estimate of drug-likeness (QED) is 0.346. The molecule has 3 aromatic carbocycles. The summed E-state index contributed by atoms with van der Waals surface area (Å²) in [6.45, 7) is 0.284. The molecule has 136 valence electrons. The van der Waals surface area contributed by atoms with Crippen molar-refractivity contribution in [2.45, 2.75) is 0 Å². The number of ether oxygens (including phenoxy) is 1. The molecule has 2 N–H and O–H groups in total. The molecule has 0 fully saturated rings. The number of halogens is 1. The second-order valence-corrected chi connectivity index (χ2v) is 6.44. The van der Waals surface area contributed by atoms with Crippen molar-refractivity contribution in [3.8, 4) is 5.75 Å². The van der Waals surface area contributed by atoms with Gasteiger partial charge in [0.2, 0.25) is 0 Å². The Morgan fingerprint density at radius 1 is 0.889 bits per heavy atom. The SMILES string of the molecule is S=C(NN=C(COc1ccccc1)c1ccc(Cl)cc1)Nc1ccccc1. The summed E-state index contributed by atoms with van der Waals surface area (Å²) < 4.78 is 5.84. The Kier molecular flexibility index (Phi) is 6.79. The summed E-state index contributed by atoms with van der Waals surface area (Å²) in [7, 11) is 0. The molecule has 0 aromatic heterocycles. The lowest BCUT2D eigenvalue weighted by molar-refractivity contribution is 0.376. The van der Waals surface area contributed by atoms with Crippen LogP contribution in [0.4, 0.5) is 5.69 Å². The third-order valence-corrected chi connectivity index (χ3v) is 4.07. The third kappa shape index (κ3) is 6.09. The molecule has 4 nitrogen and oxygen atoms in total. The predicted molar refractivity (Wildman–Crippen MR) is 116 cm³/mol. The first-order chi connectivity index (χ1) is 13.2. The van der Waals surface area contributed by atoms with Gasteiger partial charge in [-0.2, -0.15) is 5.10 Å². The zero-order valence-electron chi connectivity index (χ0n) is 14.4. The van der Waals surface area contributed by atoms with Crippen molar-refractivity contribution < 1.29 is 4.74 Å². The molecule has 0 aliphatic heterocycles. The summed E-state index contributed by atoms with van der Waals surface area (Å²) in [5.41, 5.74) is 5.36. The average Bonchev–Trinajstić information content (AvgIpc) is 2.70. The largest absolute Gasteiger partial charge is 0.487 e. The maximum atomic E-state index is 5.99. The molecule has 3 aromatic rings. The Bertz CT molecular complexity index is 900. The van der Waals surface area contributed by atoms with Gasteiger partial charge in [0.25, 0.3) is 0 Å². The maximum absolute atomic E-state index is 5.99. The molecular weight excluding hydrogens is 378 g/mol. The highest BCUT2D eigenvalue weighted by molar-refractivity contribution is 7.80. The molecule has 0 aliphatic rings. The Labute approximate surface area is 168 Å². The van der Waals surface area contributed by atoms with Crippen LogP contribution in [0, 0.1) is 0 Å². The molecule has 0 saturated carbocycles. The molecule has 0 atom stereocenters. The lowest BCUT2D eigenvalue weighted by atomic mass is 10.1. The van der Waals surface area contributed by atoms with E-state index in [1.54, 1.807) is 0 Å². The molecule has 0 aliphatic carbocycles. The van der Waals surface area contributed by atoms with Crippen molar-refractivity contribution >= 4 is 40.3 Å². The number of nitrogens with one attached hydrogen (secondary N) is 2. The number of para-hydroxylation sites is 2. The van der Waals surface area contributed by atoms with Crippen LogP contribution in [-0.4, -0.2) is 17.4 Å². The minimum absolute atomic E-state index is 0.284. The molecule has 27 heavy (non-hydrogen) atoms. The van der Waals surface area contributed by atoms with Crippen LogP contribution in [0.2, 0.25) is 5.02 Å². The van der Waals surface area contributed by atoms with Gasteiger partial charge in [0, 0.05) is 16.3 Å². The van der Waals surface area contributed by atoms with Crippen molar-refractivity contribution in [3.05, 3.63) is 95.5 Å². The summed E-state index contributed by atoms with van der Waals surface area (Å²) >= 11 is 11.3. The van der Waals surface area contributed by atoms with Crippen LogP contribution in [-0.2, 0) is 0 Å². The first-order valence-electron chi connectivity index (χ1n) is 8.33. The Balaban J connectivity index is 1.71. The minimum Gasteiger partial charge on any atom is -0.487 e. The second kappa shape index (κ2) is 9.71. The van der Waals surface area contributed by atoms with Crippen LogP contribution in [0.1, 0.15) is 5.56 Å². The van der Waals surface area contributed by atoms with E-state index in [0.29, 0.717) is 15.8 Å². The normalized spacial score (nSPS) is 10.9. The standard InChI is InChI=1S/C21H18ClN3OS/c22-17-13-11-16(12-14-17)20(15-26-19-9-5-2-6-10-19)24-25-21(27)23-18-7-3-1-4-8-18/h1-14H,15H2,(H2,23,25,27). The monoisotopic (exact) mass is 395 g/mol. The molecular formula is C21H18ClN3OS. The van der Waals surface area contributed by atoms with Crippen LogP contribution < -0.4 is 15.5 Å². The van der Waals surface area contributed by atoms with Gasteiger partial charge in [-0.05, 0) is 48.6 Å². The molecule has 0 bridgehead atoms. The van der Waals surface area contributed by atoms with Crippen LogP contribution in [0.3, 0.4) is 0 Å². The highest BCUT2D eigenvalue weighted by Crippen LogP contribution is 2.13. The van der Waals surface area contributed by atoms with Crippen molar-refractivity contribution in [2.75, 3.05) is 11.9 Å². The highest BCUT2D eigenvalue weighted by atomic mass is 35.5. The molecule has 0 heterocycles. The predicted octanol–water partition coefficient (Wildman–Crippen LogP) is 5.11. The van der Waals surface area contributed by atoms with Gasteiger partial charge >= 0.3 is 0 Å². The van der Waals surface area contributed by atoms with E-state index in [4.69, 9.17) is 28.6 Å². The van der Waals surface area contributed by atoms with Gasteiger partial charge in [0.15, 0.2) is 5.11 Å². The Hall–Kier alpha value is -2.89. The molecule has 0 saturated heterocycles. The van der Waals surface area contributed by atoms with E-state index in [1.165, 1.54) is 0 Å². The number of hydrogen-bond donors (Lipinski definition) is 2. The van der Waals surface area contributed by atoms with E-state index in [1.807, 2.05) is 84.9 Å². The minimum atomic E-state index is 0.284. The summed E-state index contributed by atoms with van der Waals surface area (Å²) in [4.78, 5) is 0. The molecule has 0 unspecified atom stereocenters. The maximum Gasteiger partial charge on any atom is 0.191 e. The number of rotatable bonds is 6. The summed E-state index contributed by atoms with van der Waals surface area (Å²) in [5.74, 6) is 0.768. The molecule has 0 spiro atoms. The van der Waals surface area contributed by atoms with Crippen molar-refractivity contribution in [2.24, 2.45) is 5.10 Å². The van der Waals surface area contributed by atoms with Gasteiger partial charge in [-0.3, -0.25) is 5.43 Å². The summed E-state index contributed by atoms with van der Waals surface area (Å²) in [6.07, 6.45) is 0. The van der Waals surface area contributed by atoms with E-state index < -0.39 is 0 Å². The second-order valence-electron chi connectivity index (χ2n) is 5.60. The van der Waals surface area contributed by atoms with Gasteiger partial charge in [-0.15, -0.1) is 0 Å². The van der Waals surface area contributed by atoms with Crippen molar-refractivity contribution in [3.63, 3.8) is 0 Å². The summed E-state index contributed by atoms with van der Waals surface area (Å²) in [5, 5.41) is 8.57. The van der Waals surface area contributed by atoms with E-state index in [0.717, 1.165) is 17.0 Å². The van der Waals surface area contributed by atoms with E-state index in [2.05, 4.69) is 15.8 Å². The lowest BCUT2D eigenvalue weighted by Crippen LogP contribution is -2.27. The zero-order chi connectivity index (χ0) is 18.9. The van der Waals surface area contributed by atoms with Gasteiger partial charge in [0.1, 0.15) is 18.1 Å². The van der Waals surface area contributed by atoms with Crippen LogP contribution in [0.5, 0.6) is 5.75 Å². The summed E-state index contributed by atoms with van der Waals surface area (Å²) in [6, 6.07) is 26.7. The average molecular weight is 396 g/mol. The van der Waals surface area contributed by atoms with Crippen molar-refractivity contribution in [1.29, 1.82) is 0 Å². The number of nitrogens with zero attached hydrogens (tertiary/aromatic N) is 1. The van der Waals surface area contributed by atoms with E-state index in [9.17, 15) is 0 Å². The number of anilines is 1.